The van der Waals surface area contributed by atoms with Crippen LogP contribution in [0.2, 0.25) is 5.02 Å². The van der Waals surface area contributed by atoms with Gasteiger partial charge in [0.25, 0.3) is 5.91 Å². The van der Waals surface area contributed by atoms with E-state index >= 15 is 0 Å². The quantitative estimate of drug-likeness (QED) is 0.588. The monoisotopic (exact) mass is 531 g/mol. The van der Waals surface area contributed by atoms with Crippen LogP contribution in [0, 0.1) is 5.92 Å². The van der Waals surface area contributed by atoms with E-state index in [1.165, 1.54) is 20.8 Å². The Morgan fingerprint density at radius 3 is 2.51 bits per heavy atom. The first-order chi connectivity index (χ1) is 17.5. The SMILES string of the molecule is CC1CCN(C(=O)OC(C)(C)C)[C@@H]1C(=O)N(Cc1cc(Cl)ccc1-n1cnnn1)C(=O)N1CCC[C@H]1C. The van der Waals surface area contributed by atoms with Gasteiger partial charge >= 0.3 is 12.1 Å². The number of hydrogen-bond donors (Lipinski definition) is 0. The Kier molecular flexibility index (Phi) is 7.72. The van der Waals surface area contributed by atoms with E-state index in [1.807, 2.05) is 13.8 Å². The molecule has 1 aromatic carbocycles. The molecule has 4 rings (SSSR count). The molecule has 2 saturated heterocycles. The number of tetrazole rings is 1. The van der Waals surface area contributed by atoms with Crippen molar-refractivity contribution in [2.45, 2.75) is 78.1 Å². The lowest BCUT2D eigenvalue weighted by molar-refractivity contribution is -0.135. The van der Waals surface area contributed by atoms with Crippen molar-refractivity contribution in [1.29, 1.82) is 0 Å². The number of ether oxygens (including phenoxy) is 1. The van der Waals surface area contributed by atoms with Gasteiger partial charge in [0.1, 0.15) is 18.0 Å². The summed E-state index contributed by atoms with van der Waals surface area (Å²) in [4.78, 5) is 45.5. The van der Waals surface area contributed by atoms with Crippen molar-refractivity contribution < 1.29 is 19.1 Å². The van der Waals surface area contributed by atoms with E-state index in [9.17, 15) is 14.4 Å². The van der Waals surface area contributed by atoms with Crippen LogP contribution in [0.5, 0.6) is 0 Å². The third-order valence-electron chi connectivity index (χ3n) is 6.84. The number of hydrogen-bond acceptors (Lipinski definition) is 7. The number of carbonyl (C=O) groups excluding carboxylic acids is 3. The zero-order valence-corrected chi connectivity index (χ0v) is 22.7. The molecule has 0 aliphatic carbocycles. The van der Waals surface area contributed by atoms with Gasteiger partial charge in [0, 0.05) is 24.2 Å². The second-order valence-electron chi connectivity index (χ2n) is 10.8. The van der Waals surface area contributed by atoms with Crippen LogP contribution in [-0.2, 0) is 16.1 Å². The fraction of sp³-hybridized carbons (Fsp3) is 0.600. The van der Waals surface area contributed by atoms with Crippen LogP contribution in [0.25, 0.3) is 5.69 Å². The van der Waals surface area contributed by atoms with Gasteiger partial charge in [-0.3, -0.25) is 14.6 Å². The van der Waals surface area contributed by atoms with Crippen LogP contribution < -0.4 is 0 Å². The first kappa shape index (κ1) is 26.8. The maximum absolute atomic E-state index is 14.2. The normalized spacial score (nSPS) is 21.8. The third kappa shape index (κ3) is 5.87. The van der Waals surface area contributed by atoms with Crippen molar-refractivity contribution in [1.82, 2.24) is 34.9 Å². The van der Waals surface area contributed by atoms with Gasteiger partial charge in [-0.05, 0) is 87.1 Å². The molecule has 2 fully saturated rings. The molecule has 4 amide bonds. The van der Waals surface area contributed by atoms with E-state index in [2.05, 4.69) is 15.5 Å². The largest absolute Gasteiger partial charge is 0.444 e. The molecule has 1 aromatic heterocycles. The Bertz CT molecular complexity index is 1150. The van der Waals surface area contributed by atoms with Crippen LogP contribution >= 0.6 is 11.6 Å². The topological polar surface area (TPSA) is 114 Å². The van der Waals surface area contributed by atoms with Crippen molar-refractivity contribution >= 4 is 29.6 Å². The summed E-state index contributed by atoms with van der Waals surface area (Å²) in [5.41, 5.74) is 0.485. The van der Waals surface area contributed by atoms with Gasteiger partial charge in [-0.15, -0.1) is 5.10 Å². The van der Waals surface area contributed by atoms with E-state index < -0.39 is 23.6 Å². The molecule has 0 N–H and O–H groups in total. The standard InChI is InChI=1S/C25H34ClN7O4/c1-16-10-12-31(24(36)37-25(3,4)5)21(16)22(34)32(23(35)30-11-6-7-17(30)2)14-18-13-19(26)8-9-20(18)33-15-27-28-29-33/h8-9,13,15-17,21H,6-7,10-12,14H2,1-5H3/t16?,17-,21+/m1/s1. The van der Waals surface area contributed by atoms with Gasteiger partial charge in [0.05, 0.1) is 12.2 Å². The maximum Gasteiger partial charge on any atom is 0.410 e. The van der Waals surface area contributed by atoms with Crippen LogP contribution in [0.4, 0.5) is 9.59 Å². The van der Waals surface area contributed by atoms with E-state index in [1.54, 1.807) is 43.9 Å². The van der Waals surface area contributed by atoms with Crippen molar-refractivity contribution in [3.8, 4) is 5.69 Å². The summed E-state index contributed by atoms with van der Waals surface area (Å²) in [6.45, 7) is 10.1. The van der Waals surface area contributed by atoms with Gasteiger partial charge in [-0.1, -0.05) is 18.5 Å². The highest BCUT2D eigenvalue weighted by molar-refractivity contribution is 6.30. The van der Waals surface area contributed by atoms with E-state index in [-0.39, 0.29) is 24.5 Å². The summed E-state index contributed by atoms with van der Waals surface area (Å²) in [5.74, 6) is -0.590. The molecule has 1 unspecified atom stereocenters. The molecule has 0 saturated carbocycles. The average molecular weight is 532 g/mol. The van der Waals surface area contributed by atoms with Gasteiger partial charge in [0.15, 0.2) is 0 Å². The second kappa shape index (κ2) is 10.6. The predicted molar refractivity (Wildman–Crippen MR) is 136 cm³/mol. The molecular weight excluding hydrogens is 498 g/mol. The summed E-state index contributed by atoms with van der Waals surface area (Å²) in [6, 6.07) is 3.92. The molecule has 2 aliphatic rings. The first-order valence-corrected chi connectivity index (χ1v) is 13.0. The number of rotatable bonds is 4. The molecule has 37 heavy (non-hydrogen) atoms. The van der Waals surface area contributed by atoms with Gasteiger partial charge < -0.3 is 9.64 Å². The Balaban J connectivity index is 1.71. The number of halogens is 1. The number of imide groups is 1. The molecule has 0 radical (unpaired) electrons. The number of likely N-dealkylation sites (tertiary alicyclic amines) is 2. The fourth-order valence-electron chi connectivity index (χ4n) is 4.97. The lowest BCUT2D eigenvalue weighted by Gasteiger charge is -2.35. The van der Waals surface area contributed by atoms with Crippen molar-refractivity contribution in [2.75, 3.05) is 13.1 Å². The highest BCUT2D eigenvalue weighted by Crippen LogP contribution is 2.30. The fourth-order valence-corrected chi connectivity index (χ4v) is 5.16. The minimum Gasteiger partial charge on any atom is -0.444 e. The molecule has 12 heteroatoms. The summed E-state index contributed by atoms with van der Waals surface area (Å²) in [5, 5.41) is 11.8. The summed E-state index contributed by atoms with van der Waals surface area (Å²) in [6.07, 6.45) is 3.24. The summed E-state index contributed by atoms with van der Waals surface area (Å²) >= 11 is 6.32. The number of amides is 4. The minimum atomic E-state index is -0.826. The smallest absolute Gasteiger partial charge is 0.410 e. The van der Waals surface area contributed by atoms with Crippen LogP contribution in [0.3, 0.4) is 0 Å². The van der Waals surface area contributed by atoms with Gasteiger partial charge in [-0.25, -0.2) is 14.3 Å². The van der Waals surface area contributed by atoms with Crippen LogP contribution in [0.15, 0.2) is 24.5 Å². The number of aromatic nitrogens is 4. The molecule has 2 aromatic rings. The lowest BCUT2D eigenvalue weighted by Crippen LogP contribution is -2.55. The third-order valence-corrected chi connectivity index (χ3v) is 7.08. The lowest BCUT2D eigenvalue weighted by atomic mass is 10.0. The second-order valence-corrected chi connectivity index (χ2v) is 11.2. The van der Waals surface area contributed by atoms with Gasteiger partial charge in [0.2, 0.25) is 0 Å². The Labute approximate surface area is 221 Å². The zero-order chi connectivity index (χ0) is 26.9. The maximum atomic E-state index is 14.2. The molecule has 2 aliphatic heterocycles. The van der Waals surface area contributed by atoms with E-state index in [0.29, 0.717) is 35.8 Å². The van der Waals surface area contributed by atoms with Crippen LogP contribution in [0.1, 0.15) is 59.4 Å². The molecule has 0 bridgehead atoms. The first-order valence-electron chi connectivity index (χ1n) is 12.6. The average Bonchev–Trinajstić information content (AvgIpc) is 3.57. The summed E-state index contributed by atoms with van der Waals surface area (Å²) < 4.78 is 7.05. The highest BCUT2D eigenvalue weighted by Gasteiger charge is 2.45. The molecule has 3 heterocycles. The Hall–Kier alpha value is -3.21. The van der Waals surface area contributed by atoms with Crippen LogP contribution in [-0.4, -0.2) is 83.7 Å². The summed E-state index contributed by atoms with van der Waals surface area (Å²) in [7, 11) is 0. The number of carbonyl (C=O) groups is 3. The van der Waals surface area contributed by atoms with E-state index in [0.717, 1.165) is 12.8 Å². The Morgan fingerprint density at radius 1 is 1.14 bits per heavy atom. The number of nitrogens with zero attached hydrogens (tertiary/aromatic N) is 7. The van der Waals surface area contributed by atoms with E-state index in [4.69, 9.17) is 16.3 Å². The predicted octanol–water partition coefficient (Wildman–Crippen LogP) is 3.89. The van der Waals surface area contributed by atoms with Crippen molar-refractivity contribution in [3.63, 3.8) is 0 Å². The number of benzene rings is 1. The highest BCUT2D eigenvalue weighted by atomic mass is 35.5. The number of urea groups is 1. The Morgan fingerprint density at radius 2 is 1.89 bits per heavy atom. The van der Waals surface area contributed by atoms with Crippen molar-refractivity contribution in [2.24, 2.45) is 5.92 Å². The zero-order valence-electron chi connectivity index (χ0n) is 21.9. The van der Waals surface area contributed by atoms with Crippen molar-refractivity contribution in [3.05, 3.63) is 35.1 Å². The minimum absolute atomic E-state index is 0.00380. The van der Waals surface area contributed by atoms with Gasteiger partial charge in [-0.2, -0.15) is 0 Å². The molecule has 3 atom stereocenters. The molecule has 200 valence electrons. The molecular formula is C25H34ClN7O4. The molecule has 0 spiro atoms. The molecule has 11 nitrogen and oxygen atoms in total.